The molecule has 2 heterocycles. The van der Waals surface area contributed by atoms with E-state index in [1.807, 2.05) is 12.1 Å². The Morgan fingerprint density at radius 2 is 2.33 bits per heavy atom. The lowest BCUT2D eigenvalue weighted by Crippen LogP contribution is -2.44. The van der Waals surface area contributed by atoms with Crippen LogP contribution in [0.25, 0.3) is 11.4 Å². The summed E-state index contributed by atoms with van der Waals surface area (Å²) in [6, 6.07) is 7.23. The Balaban J connectivity index is 0.00000208. The number of rotatable bonds is 5. The van der Waals surface area contributed by atoms with Crippen LogP contribution < -0.4 is 10.6 Å². The molecule has 1 saturated heterocycles. The number of ether oxygens (including phenoxy) is 1. The topological polar surface area (TPSA) is 89.3 Å². The normalized spacial score (nSPS) is 17.1. The molecular formula is C15H18Cl2N4O3. The van der Waals surface area contributed by atoms with Gasteiger partial charge in [-0.05, 0) is 12.1 Å². The molecule has 1 unspecified atom stereocenters. The number of nitrogens with one attached hydrogen (secondary N) is 2. The lowest BCUT2D eigenvalue weighted by Gasteiger charge is -2.23. The summed E-state index contributed by atoms with van der Waals surface area (Å²) in [5.74, 6) is 0.704. The van der Waals surface area contributed by atoms with Crippen molar-refractivity contribution in [2.75, 3.05) is 19.8 Å². The summed E-state index contributed by atoms with van der Waals surface area (Å²) in [6.07, 6.45) is 0.356. The number of carbonyl (C=O) groups is 1. The first-order chi connectivity index (χ1) is 11.2. The van der Waals surface area contributed by atoms with Gasteiger partial charge in [0.05, 0.1) is 19.8 Å². The quantitative estimate of drug-likeness (QED) is 0.831. The second-order valence-corrected chi connectivity index (χ2v) is 5.67. The van der Waals surface area contributed by atoms with Gasteiger partial charge in [0, 0.05) is 29.6 Å². The third kappa shape index (κ3) is 5.17. The average Bonchev–Trinajstić information content (AvgIpc) is 3.03. The molecule has 2 aromatic rings. The molecule has 1 aromatic heterocycles. The molecule has 7 nitrogen and oxygen atoms in total. The maximum atomic E-state index is 11.9. The van der Waals surface area contributed by atoms with Crippen LogP contribution in [0.15, 0.2) is 28.8 Å². The van der Waals surface area contributed by atoms with Gasteiger partial charge < -0.3 is 19.9 Å². The zero-order valence-corrected chi connectivity index (χ0v) is 14.4. The third-order valence-corrected chi connectivity index (χ3v) is 3.65. The maximum Gasteiger partial charge on any atom is 0.246 e. The minimum atomic E-state index is -0.0875. The Morgan fingerprint density at radius 3 is 3.08 bits per heavy atom. The SMILES string of the molecule is Cl.O=C(CC1COCCN1)NCc1nc(-c2cccc(Cl)c2)no1. The number of hydrogen-bond acceptors (Lipinski definition) is 6. The molecule has 24 heavy (non-hydrogen) atoms. The molecule has 1 aliphatic rings. The van der Waals surface area contributed by atoms with E-state index >= 15 is 0 Å². The number of benzene rings is 1. The van der Waals surface area contributed by atoms with Crippen molar-refractivity contribution in [3.05, 3.63) is 35.2 Å². The monoisotopic (exact) mass is 372 g/mol. The standard InChI is InChI=1S/C15H17ClN4O3.ClH/c16-11-3-1-2-10(6-11)15-19-14(23-20-15)8-18-13(21)7-12-9-22-5-4-17-12;/h1-3,6,12,17H,4-5,7-9H2,(H,18,21);1H. The summed E-state index contributed by atoms with van der Waals surface area (Å²) in [6.45, 7) is 2.20. The van der Waals surface area contributed by atoms with Gasteiger partial charge in [-0.1, -0.05) is 28.9 Å². The molecule has 1 amide bonds. The summed E-state index contributed by atoms with van der Waals surface area (Å²) in [5, 5.41) is 10.5. The van der Waals surface area contributed by atoms with Gasteiger partial charge in [-0.2, -0.15) is 4.98 Å². The lowest BCUT2D eigenvalue weighted by molar-refractivity contribution is -0.122. The largest absolute Gasteiger partial charge is 0.378 e. The molecule has 9 heteroatoms. The molecule has 1 fully saturated rings. The molecule has 0 bridgehead atoms. The molecule has 130 valence electrons. The van der Waals surface area contributed by atoms with Crippen molar-refractivity contribution in [2.24, 2.45) is 0 Å². The number of carbonyl (C=O) groups excluding carboxylic acids is 1. The summed E-state index contributed by atoms with van der Waals surface area (Å²) < 4.78 is 10.5. The van der Waals surface area contributed by atoms with Gasteiger partial charge in [-0.25, -0.2) is 0 Å². The Bertz CT molecular complexity index is 674. The van der Waals surface area contributed by atoms with Crippen LogP contribution in [0.3, 0.4) is 0 Å². The van der Waals surface area contributed by atoms with E-state index in [9.17, 15) is 4.79 Å². The number of halogens is 2. The summed E-state index contributed by atoms with van der Waals surface area (Å²) in [7, 11) is 0. The predicted octanol–water partition coefficient (Wildman–Crippen LogP) is 1.81. The van der Waals surface area contributed by atoms with Gasteiger partial charge >= 0.3 is 0 Å². The Labute approximate surface area is 150 Å². The number of nitrogens with zero attached hydrogens (tertiary/aromatic N) is 2. The second kappa shape index (κ2) is 8.98. The Kier molecular flexibility index (Phi) is 6.99. The van der Waals surface area contributed by atoms with Crippen LogP contribution in [-0.2, 0) is 16.1 Å². The van der Waals surface area contributed by atoms with Crippen LogP contribution in [0.1, 0.15) is 12.3 Å². The third-order valence-electron chi connectivity index (χ3n) is 3.42. The van der Waals surface area contributed by atoms with Crippen LogP contribution in [-0.4, -0.2) is 41.8 Å². The van der Waals surface area contributed by atoms with Gasteiger partial charge in [0.15, 0.2) is 0 Å². The van der Waals surface area contributed by atoms with E-state index in [1.165, 1.54) is 0 Å². The highest BCUT2D eigenvalue weighted by molar-refractivity contribution is 6.30. The molecule has 1 aromatic carbocycles. The lowest BCUT2D eigenvalue weighted by atomic mass is 10.2. The zero-order chi connectivity index (χ0) is 16.1. The van der Waals surface area contributed by atoms with Crippen LogP contribution in [0.2, 0.25) is 5.02 Å². The van der Waals surface area contributed by atoms with E-state index in [0.717, 1.165) is 12.1 Å². The van der Waals surface area contributed by atoms with E-state index < -0.39 is 0 Å². The minimum absolute atomic E-state index is 0. The summed E-state index contributed by atoms with van der Waals surface area (Å²) in [5.41, 5.74) is 0.766. The van der Waals surface area contributed by atoms with Crippen molar-refractivity contribution in [3.63, 3.8) is 0 Å². The van der Waals surface area contributed by atoms with Gasteiger partial charge in [0.1, 0.15) is 0 Å². The van der Waals surface area contributed by atoms with Crippen molar-refractivity contribution in [2.45, 2.75) is 19.0 Å². The van der Waals surface area contributed by atoms with E-state index in [-0.39, 0.29) is 30.9 Å². The van der Waals surface area contributed by atoms with Gasteiger partial charge in [-0.3, -0.25) is 4.79 Å². The smallest absolute Gasteiger partial charge is 0.246 e. The van der Waals surface area contributed by atoms with E-state index in [1.54, 1.807) is 12.1 Å². The van der Waals surface area contributed by atoms with Gasteiger partial charge in [-0.15, -0.1) is 12.4 Å². The number of morpholine rings is 1. The van der Waals surface area contributed by atoms with Crippen molar-refractivity contribution >= 4 is 29.9 Å². The van der Waals surface area contributed by atoms with Crippen molar-refractivity contribution in [3.8, 4) is 11.4 Å². The fourth-order valence-corrected chi connectivity index (χ4v) is 2.48. The molecule has 0 radical (unpaired) electrons. The Hall–Kier alpha value is -1.67. The maximum absolute atomic E-state index is 11.9. The average molecular weight is 373 g/mol. The fraction of sp³-hybridized carbons (Fsp3) is 0.400. The van der Waals surface area contributed by atoms with Gasteiger partial charge in [0.2, 0.25) is 17.6 Å². The molecule has 0 aliphatic carbocycles. The highest BCUT2D eigenvalue weighted by atomic mass is 35.5. The molecule has 1 atom stereocenters. The molecule has 0 saturated carbocycles. The molecule has 2 N–H and O–H groups in total. The first-order valence-corrected chi connectivity index (χ1v) is 7.75. The van der Waals surface area contributed by atoms with Crippen LogP contribution in [0.5, 0.6) is 0 Å². The van der Waals surface area contributed by atoms with Crippen molar-refractivity contribution < 1.29 is 14.1 Å². The van der Waals surface area contributed by atoms with E-state index in [0.29, 0.717) is 36.4 Å². The Morgan fingerprint density at radius 1 is 1.46 bits per heavy atom. The molecule has 0 spiro atoms. The minimum Gasteiger partial charge on any atom is -0.378 e. The van der Waals surface area contributed by atoms with E-state index in [4.69, 9.17) is 20.9 Å². The summed E-state index contributed by atoms with van der Waals surface area (Å²) in [4.78, 5) is 16.1. The van der Waals surface area contributed by atoms with Crippen LogP contribution in [0.4, 0.5) is 0 Å². The number of amides is 1. The number of aromatic nitrogens is 2. The van der Waals surface area contributed by atoms with Crippen molar-refractivity contribution in [1.29, 1.82) is 0 Å². The fourth-order valence-electron chi connectivity index (χ4n) is 2.29. The molecule has 3 rings (SSSR count). The number of hydrogen-bond donors (Lipinski definition) is 2. The van der Waals surface area contributed by atoms with Crippen LogP contribution in [0, 0.1) is 0 Å². The zero-order valence-electron chi connectivity index (χ0n) is 12.8. The first-order valence-electron chi connectivity index (χ1n) is 7.37. The van der Waals surface area contributed by atoms with E-state index in [2.05, 4.69) is 20.8 Å². The predicted molar refractivity (Wildman–Crippen MR) is 91.1 cm³/mol. The van der Waals surface area contributed by atoms with Gasteiger partial charge in [0.25, 0.3) is 0 Å². The molecular weight excluding hydrogens is 355 g/mol. The summed E-state index contributed by atoms with van der Waals surface area (Å²) >= 11 is 5.94. The van der Waals surface area contributed by atoms with Crippen LogP contribution >= 0.6 is 24.0 Å². The van der Waals surface area contributed by atoms with Crippen molar-refractivity contribution in [1.82, 2.24) is 20.8 Å². The second-order valence-electron chi connectivity index (χ2n) is 5.23. The first kappa shape index (κ1) is 18.7. The highest BCUT2D eigenvalue weighted by Crippen LogP contribution is 2.19. The molecule has 1 aliphatic heterocycles. The highest BCUT2D eigenvalue weighted by Gasteiger charge is 2.17.